The first-order chi connectivity index (χ1) is 8.54. The van der Waals surface area contributed by atoms with E-state index in [0.717, 1.165) is 45.7 Å². The molecular weight excluding hydrogens is 230 g/mol. The Morgan fingerprint density at radius 2 is 2.06 bits per heavy atom. The van der Waals surface area contributed by atoms with Crippen LogP contribution < -0.4 is 0 Å². The molecule has 0 aromatic heterocycles. The molecule has 0 unspecified atom stereocenters. The first-order valence-electron chi connectivity index (χ1n) is 6.97. The molecule has 1 spiro atoms. The lowest BCUT2D eigenvalue weighted by molar-refractivity contribution is -0.147. The van der Waals surface area contributed by atoms with Gasteiger partial charge in [0.1, 0.15) is 0 Å². The predicted molar refractivity (Wildman–Crippen MR) is 68.2 cm³/mol. The standard InChI is InChI=1S/C13H23N3O2/c1-3-14-7-13(8-14)9-15(10(2)17)5-11-4-12(18)6-16(11)13/h11-12,18H,3-9H2,1-2H3/t11-,12-/m1/s1. The molecule has 3 aliphatic heterocycles. The normalized spacial score (nSPS) is 35.6. The first-order valence-corrected chi connectivity index (χ1v) is 6.97. The van der Waals surface area contributed by atoms with E-state index in [4.69, 9.17) is 0 Å². The first kappa shape index (κ1) is 12.4. The van der Waals surface area contributed by atoms with Crippen LogP contribution in [-0.2, 0) is 4.79 Å². The zero-order valence-corrected chi connectivity index (χ0v) is 11.3. The summed E-state index contributed by atoms with van der Waals surface area (Å²) in [6, 6.07) is 0.358. The number of likely N-dealkylation sites (tertiary alicyclic amines) is 1. The average molecular weight is 253 g/mol. The molecule has 1 amide bonds. The summed E-state index contributed by atoms with van der Waals surface area (Å²) in [6.45, 7) is 9.39. The molecule has 102 valence electrons. The van der Waals surface area contributed by atoms with Crippen molar-refractivity contribution in [1.82, 2.24) is 14.7 Å². The second-order valence-corrected chi connectivity index (χ2v) is 6.12. The minimum absolute atomic E-state index is 0.113. The number of hydrogen-bond donors (Lipinski definition) is 1. The van der Waals surface area contributed by atoms with Crippen LogP contribution in [0.1, 0.15) is 20.3 Å². The number of β-amino-alcohol motifs (C(OH)–C–C–N with tert-alkyl or cyclic N) is 1. The summed E-state index contributed by atoms with van der Waals surface area (Å²) in [5.74, 6) is 0.172. The number of aliphatic hydroxyl groups is 1. The van der Waals surface area contributed by atoms with E-state index in [1.54, 1.807) is 6.92 Å². The summed E-state index contributed by atoms with van der Waals surface area (Å²) >= 11 is 0. The second kappa shape index (κ2) is 4.18. The fourth-order valence-corrected chi connectivity index (χ4v) is 3.94. The lowest BCUT2D eigenvalue weighted by atomic mass is 9.84. The fraction of sp³-hybridized carbons (Fsp3) is 0.923. The van der Waals surface area contributed by atoms with Gasteiger partial charge in [0.05, 0.1) is 11.6 Å². The van der Waals surface area contributed by atoms with Crippen LogP contribution in [0.25, 0.3) is 0 Å². The van der Waals surface area contributed by atoms with Gasteiger partial charge >= 0.3 is 0 Å². The lowest BCUT2D eigenvalue weighted by Crippen LogP contribution is -2.78. The van der Waals surface area contributed by atoms with Crippen molar-refractivity contribution in [2.24, 2.45) is 0 Å². The molecule has 0 saturated carbocycles. The third-order valence-corrected chi connectivity index (χ3v) is 4.85. The highest BCUT2D eigenvalue weighted by Crippen LogP contribution is 2.38. The number of nitrogens with zero attached hydrogens (tertiary/aromatic N) is 3. The van der Waals surface area contributed by atoms with E-state index < -0.39 is 0 Å². The van der Waals surface area contributed by atoms with Crippen molar-refractivity contribution < 1.29 is 9.90 Å². The van der Waals surface area contributed by atoms with Gasteiger partial charge in [0, 0.05) is 45.7 Å². The van der Waals surface area contributed by atoms with Crippen LogP contribution >= 0.6 is 0 Å². The Hall–Kier alpha value is -0.650. The summed E-state index contributed by atoms with van der Waals surface area (Å²) in [5, 5.41) is 9.90. The number of amides is 1. The van der Waals surface area contributed by atoms with Gasteiger partial charge in [-0.3, -0.25) is 14.6 Å². The SMILES string of the molecule is CCN1CC2(C1)CN(C(C)=O)C[C@H]1C[C@@H](O)CN12. The average Bonchev–Trinajstić information content (AvgIpc) is 2.64. The highest BCUT2D eigenvalue weighted by atomic mass is 16.3. The Morgan fingerprint density at radius 3 is 2.67 bits per heavy atom. The molecule has 3 heterocycles. The summed E-state index contributed by atoms with van der Waals surface area (Å²) in [5.41, 5.74) is 0.113. The Labute approximate surface area is 108 Å². The van der Waals surface area contributed by atoms with Gasteiger partial charge in [-0.2, -0.15) is 0 Å². The summed E-state index contributed by atoms with van der Waals surface area (Å²) in [4.78, 5) is 18.5. The number of rotatable bonds is 1. The molecule has 3 rings (SSSR count). The van der Waals surface area contributed by atoms with Crippen molar-refractivity contribution in [1.29, 1.82) is 0 Å². The van der Waals surface area contributed by atoms with Crippen molar-refractivity contribution in [3.8, 4) is 0 Å². The molecular formula is C13H23N3O2. The molecule has 0 aromatic rings. The van der Waals surface area contributed by atoms with Gasteiger partial charge in [0.15, 0.2) is 0 Å². The van der Waals surface area contributed by atoms with E-state index in [2.05, 4.69) is 16.7 Å². The maximum Gasteiger partial charge on any atom is 0.219 e. The highest BCUT2D eigenvalue weighted by molar-refractivity contribution is 5.73. The quantitative estimate of drug-likeness (QED) is 0.675. The Balaban J connectivity index is 1.80. The number of carbonyl (C=O) groups is 1. The lowest BCUT2D eigenvalue weighted by Gasteiger charge is -2.60. The number of carbonyl (C=O) groups excluding carboxylic acids is 1. The number of likely N-dealkylation sites (N-methyl/N-ethyl adjacent to an activating group) is 1. The van der Waals surface area contributed by atoms with Crippen LogP contribution in [0.15, 0.2) is 0 Å². The van der Waals surface area contributed by atoms with Crippen molar-refractivity contribution in [2.45, 2.75) is 38.0 Å². The number of piperazine rings is 1. The molecule has 1 N–H and O–H groups in total. The van der Waals surface area contributed by atoms with E-state index in [0.29, 0.717) is 6.04 Å². The van der Waals surface area contributed by atoms with E-state index in [1.807, 2.05) is 4.90 Å². The molecule has 5 heteroatoms. The number of hydrogen-bond acceptors (Lipinski definition) is 4. The molecule has 3 saturated heterocycles. The smallest absolute Gasteiger partial charge is 0.219 e. The van der Waals surface area contributed by atoms with Gasteiger partial charge in [-0.05, 0) is 13.0 Å². The van der Waals surface area contributed by atoms with Crippen molar-refractivity contribution in [2.75, 3.05) is 39.3 Å². The minimum atomic E-state index is -0.213. The zero-order chi connectivity index (χ0) is 12.9. The maximum absolute atomic E-state index is 11.7. The summed E-state index contributed by atoms with van der Waals surface area (Å²) in [6.07, 6.45) is 0.604. The Morgan fingerprint density at radius 1 is 1.33 bits per heavy atom. The monoisotopic (exact) mass is 253 g/mol. The largest absolute Gasteiger partial charge is 0.392 e. The van der Waals surface area contributed by atoms with Crippen molar-refractivity contribution in [3.63, 3.8) is 0 Å². The predicted octanol–water partition coefficient (Wildman–Crippen LogP) is -0.642. The van der Waals surface area contributed by atoms with Gasteiger partial charge < -0.3 is 10.0 Å². The molecule has 18 heavy (non-hydrogen) atoms. The van der Waals surface area contributed by atoms with Crippen LogP contribution in [-0.4, -0.2) is 82.7 Å². The van der Waals surface area contributed by atoms with E-state index in [1.165, 1.54) is 0 Å². The van der Waals surface area contributed by atoms with Crippen LogP contribution in [0, 0.1) is 0 Å². The summed E-state index contributed by atoms with van der Waals surface area (Å²) in [7, 11) is 0. The topological polar surface area (TPSA) is 47.0 Å². The van der Waals surface area contributed by atoms with Crippen molar-refractivity contribution >= 4 is 5.91 Å². The number of aliphatic hydroxyl groups excluding tert-OH is 1. The number of fused-ring (bicyclic) bond motifs is 2. The fourth-order valence-electron chi connectivity index (χ4n) is 3.94. The maximum atomic E-state index is 11.7. The van der Waals surface area contributed by atoms with Crippen LogP contribution in [0.3, 0.4) is 0 Å². The summed E-state index contributed by atoms with van der Waals surface area (Å²) < 4.78 is 0. The van der Waals surface area contributed by atoms with Crippen LogP contribution in [0.5, 0.6) is 0 Å². The molecule has 3 fully saturated rings. The molecule has 0 aromatic carbocycles. The molecule has 3 aliphatic rings. The highest BCUT2D eigenvalue weighted by Gasteiger charge is 2.55. The third kappa shape index (κ3) is 1.76. The Bertz CT molecular complexity index is 354. The van der Waals surface area contributed by atoms with Crippen LogP contribution in [0.2, 0.25) is 0 Å². The second-order valence-electron chi connectivity index (χ2n) is 6.12. The molecule has 0 radical (unpaired) electrons. The third-order valence-electron chi connectivity index (χ3n) is 4.85. The van der Waals surface area contributed by atoms with Gasteiger partial charge in [-0.1, -0.05) is 6.92 Å². The van der Waals surface area contributed by atoms with E-state index >= 15 is 0 Å². The van der Waals surface area contributed by atoms with E-state index in [-0.39, 0.29) is 17.6 Å². The van der Waals surface area contributed by atoms with Gasteiger partial charge in [0.25, 0.3) is 0 Å². The van der Waals surface area contributed by atoms with Crippen molar-refractivity contribution in [3.05, 3.63) is 0 Å². The molecule has 0 aliphatic carbocycles. The van der Waals surface area contributed by atoms with E-state index in [9.17, 15) is 9.90 Å². The molecule has 0 bridgehead atoms. The van der Waals surface area contributed by atoms with Gasteiger partial charge in [-0.15, -0.1) is 0 Å². The van der Waals surface area contributed by atoms with Crippen LogP contribution in [0.4, 0.5) is 0 Å². The van der Waals surface area contributed by atoms with Gasteiger partial charge in [-0.25, -0.2) is 0 Å². The van der Waals surface area contributed by atoms with Gasteiger partial charge in [0.2, 0.25) is 5.91 Å². The molecule has 5 nitrogen and oxygen atoms in total. The minimum Gasteiger partial charge on any atom is -0.392 e. The Kier molecular flexibility index (Phi) is 2.88. The zero-order valence-electron chi connectivity index (χ0n) is 11.3. The molecule has 2 atom stereocenters.